The second-order valence-corrected chi connectivity index (χ2v) is 6.14. The zero-order chi connectivity index (χ0) is 18.4. The lowest BCUT2D eigenvalue weighted by Gasteiger charge is -2.14. The maximum atomic E-state index is 12.0. The smallest absolute Gasteiger partial charge is 0.280 e. The molecule has 0 fully saturated rings. The first-order chi connectivity index (χ1) is 11.9. The molecule has 0 radical (unpaired) electrons. The molecule has 0 aliphatic rings. The number of hydrogen-bond donors (Lipinski definition) is 1. The zero-order valence-corrected chi connectivity index (χ0v) is 15.6. The first-order valence-corrected chi connectivity index (χ1v) is 8.25. The van der Waals surface area contributed by atoms with Crippen molar-refractivity contribution >= 4 is 35.3 Å². The number of benzene rings is 2. The number of nitrogens with one attached hydrogen (secondary N) is 1. The molecule has 1 unspecified atom stereocenters. The molecule has 1 N–H and O–H groups in total. The van der Waals surface area contributed by atoms with Crippen molar-refractivity contribution in [3.63, 3.8) is 0 Å². The number of hydrazone groups is 1. The third-order valence-corrected chi connectivity index (χ3v) is 3.90. The van der Waals surface area contributed by atoms with Crippen molar-refractivity contribution in [3.8, 4) is 11.5 Å². The maximum Gasteiger partial charge on any atom is 0.280 e. The fourth-order valence-electron chi connectivity index (χ4n) is 2.06. The number of carbonyl (C=O) groups is 1. The van der Waals surface area contributed by atoms with Gasteiger partial charge in [-0.3, -0.25) is 4.79 Å². The topological polar surface area (TPSA) is 59.9 Å². The Balaban J connectivity index is 1.93. The number of amides is 1. The van der Waals surface area contributed by atoms with E-state index in [4.69, 9.17) is 32.7 Å². The predicted octanol–water partition coefficient (Wildman–Crippen LogP) is 4.23. The minimum atomic E-state index is -0.770. The summed E-state index contributed by atoms with van der Waals surface area (Å²) in [5, 5.41) is 4.77. The fourth-order valence-corrected chi connectivity index (χ4v) is 2.51. The normalized spacial score (nSPS) is 12.0. The molecule has 7 heteroatoms. The third-order valence-electron chi connectivity index (χ3n) is 3.37. The molecule has 1 atom stereocenters. The van der Waals surface area contributed by atoms with Crippen molar-refractivity contribution < 1.29 is 14.3 Å². The van der Waals surface area contributed by atoms with E-state index in [9.17, 15) is 4.79 Å². The minimum absolute atomic E-state index is 0.337. The van der Waals surface area contributed by atoms with E-state index in [1.54, 1.807) is 38.4 Å². The van der Waals surface area contributed by atoms with Crippen LogP contribution in [0.5, 0.6) is 11.5 Å². The van der Waals surface area contributed by atoms with E-state index in [0.29, 0.717) is 15.8 Å². The number of methoxy groups -OCH3 is 1. The summed E-state index contributed by atoms with van der Waals surface area (Å²) in [5.41, 5.74) is 4.25. The molecular formula is C18H18Cl2N2O3. The summed E-state index contributed by atoms with van der Waals surface area (Å²) in [7, 11) is 1.62. The van der Waals surface area contributed by atoms with Gasteiger partial charge in [-0.15, -0.1) is 0 Å². The Kier molecular flexibility index (Phi) is 6.67. The average molecular weight is 381 g/mol. The highest BCUT2D eigenvalue weighted by molar-refractivity contribution is 6.35. The Labute approximate surface area is 156 Å². The zero-order valence-electron chi connectivity index (χ0n) is 14.0. The number of hydrogen-bond acceptors (Lipinski definition) is 4. The summed E-state index contributed by atoms with van der Waals surface area (Å²) in [4.78, 5) is 12.0. The number of nitrogens with zero attached hydrogens (tertiary/aromatic N) is 1. The first kappa shape index (κ1) is 19.1. The molecule has 0 saturated heterocycles. The van der Waals surface area contributed by atoms with Gasteiger partial charge >= 0.3 is 0 Å². The van der Waals surface area contributed by atoms with Gasteiger partial charge in [0.05, 0.1) is 18.3 Å². The summed E-state index contributed by atoms with van der Waals surface area (Å²) in [5.74, 6) is 0.777. The molecule has 132 valence electrons. The SMILES string of the molecule is COc1ccc(C=NNC(=O)C(C)Oc2ccc(Cl)cc2Cl)cc1C. The molecule has 1 amide bonds. The van der Waals surface area contributed by atoms with Gasteiger partial charge in [-0.25, -0.2) is 5.43 Å². The van der Waals surface area contributed by atoms with Gasteiger partial charge in [0.1, 0.15) is 11.5 Å². The number of ether oxygens (including phenoxy) is 2. The molecular weight excluding hydrogens is 363 g/mol. The summed E-state index contributed by atoms with van der Waals surface area (Å²) in [6, 6.07) is 10.4. The van der Waals surface area contributed by atoms with Crippen molar-refractivity contribution in [2.24, 2.45) is 5.10 Å². The molecule has 2 aromatic rings. The standard InChI is InChI=1S/C18H18Cl2N2O3/c1-11-8-13(4-6-16(11)24-3)10-21-22-18(23)12(2)25-17-7-5-14(19)9-15(17)20/h4-10,12H,1-3H3,(H,22,23). The van der Waals surface area contributed by atoms with E-state index in [0.717, 1.165) is 16.9 Å². The Bertz CT molecular complexity index is 794. The van der Waals surface area contributed by atoms with Crippen LogP contribution in [0, 0.1) is 6.92 Å². The van der Waals surface area contributed by atoms with Crippen LogP contribution in [0.2, 0.25) is 10.0 Å². The largest absolute Gasteiger partial charge is 0.496 e. The second-order valence-electron chi connectivity index (χ2n) is 5.30. The third kappa shape index (κ3) is 5.37. The fraction of sp³-hybridized carbons (Fsp3) is 0.222. The van der Waals surface area contributed by atoms with Crippen LogP contribution in [0.25, 0.3) is 0 Å². The summed E-state index contributed by atoms with van der Waals surface area (Å²) in [6.45, 7) is 3.54. The molecule has 2 rings (SSSR count). The molecule has 5 nitrogen and oxygen atoms in total. The van der Waals surface area contributed by atoms with Crippen LogP contribution in [-0.2, 0) is 4.79 Å². The Morgan fingerprint density at radius 3 is 2.56 bits per heavy atom. The van der Waals surface area contributed by atoms with E-state index in [1.807, 2.05) is 25.1 Å². The Hall–Kier alpha value is -2.24. The molecule has 0 aliphatic heterocycles. The minimum Gasteiger partial charge on any atom is -0.496 e. The highest BCUT2D eigenvalue weighted by atomic mass is 35.5. The lowest BCUT2D eigenvalue weighted by molar-refractivity contribution is -0.127. The van der Waals surface area contributed by atoms with Gasteiger partial charge in [0.25, 0.3) is 5.91 Å². The predicted molar refractivity (Wildman–Crippen MR) is 100 cm³/mol. The van der Waals surface area contributed by atoms with E-state index in [2.05, 4.69) is 10.5 Å². The Morgan fingerprint density at radius 2 is 1.92 bits per heavy atom. The lowest BCUT2D eigenvalue weighted by Crippen LogP contribution is -2.33. The van der Waals surface area contributed by atoms with E-state index < -0.39 is 12.0 Å². The molecule has 0 heterocycles. The van der Waals surface area contributed by atoms with Gasteiger partial charge in [0.2, 0.25) is 0 Å². The molecule has 25 heavy (non-hydrogen) atoms. The lowest BCUT2D eigenvalue weighted by atomic mass is 10.1. The first-order valence-electron chi connectivity index (χ1n) is 7.50. The van der Waals surface area contributed by atoms with Crippen LogP contribution in [0.4, 0.5) is 0 Å². The van der Waals surface area contributed by atoms with Crippen LogP contribution in [-0.4, -0.2) is 25.3 Å². The quantitative estimate of drug-likeness (QED) is 0.602. The summed E-state index contributed by atoms with van der Waals surface area (Å²) >= 11 is 11.8. The number of aryl methyl sites for hydroxylation is 1. The molecule has 0 aromatic heterocycles. The summed E-state index contributed by atoms with van der Waals surface area (Å²) in [6.07, 6.45) is 0.778. The van der Waals surface area contributed by atoms with Gasteiger partial charge in [-0.2, -0.15) is 5.10 Å². The molecule has 0 spiro atoms. The van der Waals surface area contributed by atoms with Crippen LogP contribution >= 0.6 is 23.2 Å². The monoisotopic (exact) mass is 380 g/mol. The summed E-state index contributed by atoms with van der Waals surface area (Å²) < 4.78 is 10.7. The second kappa shape index (κ2) is 8.74. The number of carbonyl (C=O) groups excluding carboxylic acids is 1. The van der Waals surface area contributed by atoms with Crippen molar-refractivity contribution in [2.45, 2.75) is 20.0 Å². The van der Waals surface area contributed by atoms with Crippen molar-refractivity contribution in [1.82, 2.24) is 5.43 Å². The van der Waals surface area contributed by atoms with Gasteiger partial charge in [-0.05, 0) is 61.4 Å². The van der Waals surface area contributed by atoms with Gasteiger partial charge in [0, 0.05) is 5.02 Å². The van der Waals surface area contributed by atoms with Crippen LogP contribution in [0.1, 0.15) is 18.1 Å². The van der Waals surface area contributed by atoms with Gasteiger partial charge in [0.15, 0.2) is 6.10 Å². The van der Waals surface area contributed by atoms with E-state index in [1.165, 1.54) is 0 Å². The average Bonchev–Trinajstić information content (AvgIpc) is 2.57. The van der Waals surface area contributed by atoms with Crippen LogP contribution in [0.15, 0.2) is 41.5 Å². The van der Waals surface area contributed by atoms with E-state index >= 15 is 0 Å². The number of halogens is 2. The van der Waals surface area contributed by atoms with Crippen molar-refractivity contribution in [2.75, 3.05) is 7.11 Å². The Morgan fingerprint density at radius 1 is 1.20 bits per heavy atom. The highest BCUT2D eigenvalue weighted by Gasteiger charge is 2.15. The van der Waals surface area contributed by atoms with Crippen molar-refractivity contribution in [1.29, 1.82) is 0 Å². The molecule has 2 aromatic carbocycles. The molecule has 0 aliphatic carbocycles. The van der Waals surface area contributed by atoms with Gasteiger partial charge < -0.3 is 9.47 Å². The van der Waals surface area contributed by atoms with Crippen LogP contribution < -0.4 is 14.9 Å². The highest BCUT2D eigenvalue weighted by Crippen LogP contribution is 2.28. The number of rotatable bonds is 6. The van der Waals surface area contributed by atoms with Crippen molar-refractivity contribution in [3.05, 3.63) is 57.6 Å². The maximum absolute atomic E-state index is 12.0. The van der Waals surface area contributed by atoms with Crippen LogP contribution in [0.3, 0.4) is 0 Å². The molecule has 0 bridgehead atoms. The van der Waals surface area contributed by atoms with Gasteiger partial charge in [-0.1, -0.05) is 23.2 Å². The molecule has 0 saturated carbocycles. The van der Waals surface area contributed by atoms with E-state index in [-0.39, 0.29) is 0 Å².